The van der Waals surface area contributed by atoms with Gasteiger partial charge in [-0.2, -0.15) is 0 Å². The Labute approximate surface area is 123 Å². The molecule has 1 heterocycles. The molecule has 1 unspecified atom stereocenters. The van der Waals surface area contributed by atoms with Gasteiger partial charge in [0, 0.05) is 43.5 Å². The molecule has 0 bridgehead atoms. The minimum atomic E-state index is -0.582. The van der Waals surface area contributed by atoms with Crippen molar-refractivity contribution in [1.82, 2.24) is 9.88 Å². The molecular formula is C16H19F2N3. The second-order valence-corrected chi connectivity index (χ2v) is 5.01. The van der Waals surface area contributed by atoms with Gasteiger partial charge in [-0.1, -0.05) is 6.07 Å². The second-order valence-electron chi connectivity index (χ2n) is 5.01. The molecule has 0 fully saturated rings. The lowest BCUT2D eigenvalue weighted by molar-refractivity contribution is 0.251. The molecule has 0 spiro atoms. The molecule has 21 heavy (non-hydrogen) atoms. The van der Waals surface area contributed by atoms with Gasteiger partial charge in [-0.05, 0) is 36.9 Å². The standard InChI is InChI=1S/C16H19F2N3/c1-21(7-5-15-4-2-3-6-20-15)16(11-19)12-8-13(17)10-14(18)9-12/h2-4,6,8-10,16H,5,7,11,19H2,1H3. The van der Waals surface area contributed by atoms with Crippen molar-refractivity contribution in [3.8, 4) is 0 Å². The molecule has 0 radical (unpaired) electrons. The van der Waals surface area contributed by atoms with E-state index in [2.05, 4.69) is 4.98 Å². The summed E-state index contributed by atoms with van der Waals surface area (Å²) >= 11 is 0. The number of aromatic nitrogens is 1. The fraction of sp³-hybridized carbons (Fsp3) is 0.312. The van der Waals surface area contributed by atoms with Crippen LogP contribution in [0.4, 0.5) is 8.78 Å². The highest BCUT2D eigenvalue weighted by atomic mass is 19.1. The average Bonchev–Trinajstić information content (AvgIpc) is 2.46. The SMILES string of the molecule is CN(CCc1ccccn1)C(CN)c1cc(F)cc(F)c1. The highest BCUT2D eigenvalue weighted by Gasteiger charge is 2.17. The Morgan fingerprint density at radius 2 is 1.90 bits per heavy atom. The Morgan fingerprint density at radius 1 is 1.19 bits per heavy atom. The van der Waals surface area contributed by atoms with Gasteiger partial charge in [0.15, 0.2) is 0 Å². The predicted octanol–water partition coefficient (Wildman–Crippen LogP) is 2.53. The molecule has 5 heteroatoms. The van der Waals surface area contributed by atoms with E-state index in [0.717, 1.165) is 18.2 Å². The summed E-state index contributed by atoms with van der Waals surface area (Å²) in [6.07, 6.45) is 2.50. The summed E-state index contributed by atoms with van der Waals surface area (Å²) < 4.78 is 26.7. The van der Waals surface area contributed by atoms with E-state index in [0.29, 0.717) is 18.7 Å². The minimum Gasteiger partial charge on any atom is -0.329 e. The maximum Gasteiger partial charge on any atom is 0.126 e. The van der Waals surface area contributed by atoms with E-state index in [1.807, 2.05) is 30.1 Å². The Morgan fingerprint density at radius 3 is 2.48 bits per heavy atom. The first-order chi connectivity index (χ1) is 10.1. The summed E-state index contributed by atoms with van der Waals surface area (Å²) in [4.78, 5) is 6.25. The lowest BCUT2D eigenvalue weighted by Crippen LogP contribution is -2.32. The Balaban J connectivity index is 2.06. The fourth-order valence-corrected chi connectivity index (χ4v) is 2.33. The topological polar surface area (TPSA) is 42.2 Å². The van der Waals surface area contributed by atoms with Crippen LogP contribution >= 0.6 is 0 Å². The third kappa shape index (κ3) is 4.31. The van der Waals surface area contributed by atoms with Crippen molar-refractivity contribution in [2.45, 2.75) is 12.5 Å². The number of halogens is 2. The normalized spacial score (nSPS) is 12.6. The summed E-state index contributed by atoms with van der Waals surface area (Å²) in [6.45, 7) is 0.999. The largest absolute Gasteiger partial charge is 0.329 e. The van der Waals surface area contributed by atoms with Crippen LogP contribution in [0.3, 0.4) is 0 Å². The maximum atomic E-state index is 13.3. The third-order valence-corrected chi connectivity index (χ3v) is 3.47. The van der Waals surface area contributed by atoms with Gasteiger partial charge in [0.1, 0.15) is 11.6 Å². The van der Waals surface area contributed by atoms with Gasteiger partial charge in [0.25, 0.3) is 0 Å². The van der Waals surface area contributed by atoms with Crippen molar-refractivity contribution in [1.29, 1.82) is 0 Å². The van der Waals surface area contributed by atoms with Crippen LogP contribution in [0.2, 0.25) is 0 Å². The van der Waals surface area contributed by atoms with Crippen LogP contribution in [0.5, 0.6) is 0 Å². The number of nitrogens with two attached hydrogens (primary N) is 1. The molecule has 0 aliphatic heterocycles. The summed E-state index contributed by atoms with van der Waals surface area (Å²) in [5.41, 5.74) is 7.30. The zero-order chi connectivity index (χ0) is 15.2. The second kappa shape index (κ2) is 7.24. The molecule has 2 N–H and O–H groups in total. The number of hydrogen-bond donors (Lipinski definition) is 1. The van der Waals surface area contributed by atoms with Gasteiger partial charge < -0.3 is 5.73 Å². The molecule has 0 aliphatic carbocycles. The van der Waals surface area contributed by atoms with Gasteiger partial charge in [-0.3, -0.25) is 9.88 Å². The Kier molecular flexibility index (Phi) is 5.36. The molecule has 1 atom stereocenters. The minimum absolute atomic E-state index is 0.223. The van der Waals surface area contributed by atoms with E-state index >= 15 is 0 Å². The van der Waals surface area contributed by atoms with Crippen molar-refractivity contribution in [2.75, 3.05) is 20.1 Å². The lowest BCUT2D eigenvalue weighted by Gasteiger charge is -2.27. The van der Waals surface area contributed by atoms with E-state index in [9.17, 15) is 8.78 Å². The van der Waals surface area contributed by atoms with Crippen LogP contribution in [0, 0.1) is 11.6 Å². The lowest BCUT2D eigenvalue weighted by atomic mass is 10.0. The Hall–Kier alpha value is -1.85. The van der Waals surface area contributed by atoms with Gasteiger partial charge >= 0.3 is 0 Å². The van der Waals surface area contributed by atoms with E-state index in [4.69, 9.17) is 5.73 Å². The number of likely N-dealkylation sites (N-methyl/N-ethyl adjacent to an activating group) is 1. The van der Waals surface area contributed by atoms with E-state index in [1.165, 1.54) is 12.1 Å². The zero-order valence-corrected chi connectivity index (χ0v) is 12.0. The highest BCUT2D eigenvalue weighted by molar-refractivity contribution is 5.22. The molecule has 112 valence electrons. The van der Waals surface area contributed by atoms with Crippen molar-refractivity contribution in [3.63, 3.8) is 0 Å². The predicted molar refractivity (Wildman–Crippen MR) is 78.7 cm³/mol. The van der Waals surface area contributed by atoms with Crippen molar-refractivity contribution < 1.29 is 8.78 Å². The first kappa shape index (κ1) is 15.5. The molecular weight excluding hydrogens is 272 g/mol. The van der Waals surface area contributed by atoms with Gasteiger partial charge in [0.2, 0.25) is 0 Å². The van der Waals surface area contributed by atoms with Crippen LogP contribution in [0.25, 0.3) is 0 Å². The number of pyridine rings is 1. The molecule has 0 saturated heterocycles. The van der Waals surface area contributed by atoms with Crippen LogP contribution in [-0.2, 0) is 6.42 Å². The quantitative estimate of drug-likeness (QED) is 0.889. The number of nitrogens with zero attached hydrogens (tertiary/aromatic N) is 2. The fourth-order valence-electron chi connectivity index (χ4n) is 2.33. The van der Waals surface area contributed by atoms with Crippen LogP contribution < -0.4 is 5.73 Å². The van der Waals surface area contributed by atoms with Crippen molar-refractivity contribution in [2.24, 2.45) is 5.73 Å². The molecule has 0 amide bonds. The molecule has 1 aromatic carbocycles. The van der Waals surface area contributed by atoms with Crippen LogP contribution in [-0.4, -0.2) is 30.0 Å². The third-order valence-electron chi connectivity index (χ3n) is 3.47. The summed E-state index contributed by atoms with van der Waals surface area (Å²) in [5.74, 6) is -1.16. The molecule has 2 aromatic rings. The molecule has 0 aliphatic rings. The van der Waals surface area contributed by atoms with E-state index in [1.54, 1.807) is 6.20 Å². The van der Waals surface area contributed by atoms with Crippen molar-refractivity contribution in [3.05, 3.63) is 65.5 Å². The number of hydrogen-bond acceptors (Lipinski definition) is 3. The monoisotopic (exact) mass is 291 g/mol. The smallest absolute Gasteiger partial charge is 0.126 e. The van der Waals surface area contributed by atoms with E-state index < -0.39 is 11.6 Å². The van der Waals surface area contributed by atoms with Crippen LogP contribution in [0.1, 0.15) is 17.3 Å². The van der Waals surface area contributed by atoms with Crippen molar-refractivity contribution >= 4 is 0 Å². The average molecular weight is 291 g/mol. The van der Waals surface area contributed by atoms with Gasteiger partial charge in [-0.15, -0.1) is 0 Å². The molecule has 3 nitrogen and oxygen atoms in total. The molecule has 1 aromatic heterocycles. The van der Waals surface area contributed by atoms with Gasteiger partial charge in [-0.25, -0.2) is 8.78 Å². The Bertz CT molecular complexity index is 555. The number of rotatable bonds is 6. The summed E-state index contributed by atoms with van der Waals surface area (Å²) in [7, 11) is 1.89. The molecule has 2 rings (SSSR count). The van der Waals surface area contributed by atoms with Gasteiger partial charge in [0.05, 0.1) is 0 Å². The number of benzene rings is 1. The highest BCUT2D eigenvalue weighted by Crippen LogP contribution is 2.20. The van der Waals surface area contributed by atoms with Crippen LogP contribution in [0.15, 0.2) is 42.6 Å². The first-order valence-electron chi connectivity index (χ1n) is 6.86. The maximum absolute atomic E-state index is 13.3. The summed E-state index contributed by atoms with van der Waals surface area (Å²) in [6, 6.07) is 9.06. The summed E-state index contributed by atoms with van der Waals surface area (Å²) in [5, 5.41) is 0. The zero-order valence-electron chi connectivity index (χ0n) is 12.0. The molecule has 0 saturated carbocycles. The van der Waals surface area contributed by atoms with E-state index in [-0.39, 0.29) is 6.04 Å². The first-order valence-corrected chi connectivity index (χ1v) is 6.86.